The van der Waals surface area contributed by atoms with Crippen LogP contribution in [0.1, 0.15) is 0 Å². The van der Waals surface area contributed by atoms with Gasteiger partial charge in [-0.3, -0.25) is 14.7 Å². The minimum atomic E-state index is -2.14. The first kappa shape index (κ1) is 8.47. The molecule has 0 aromatic rings. The van der Waals surface area contributed by atoms with Gasteiger partial charge in [-0.05, 0) is 0 Å². The van der Waals surface area contributed by atoms with E-state index in [1.807, 2.05) is 4.72 Å². The molecule has 0 saturated heterocycles. The predicted octanol–water partition coefficient (Wildman–Crippen LogP) is -1.01. The highest BCUT2D eigenvalue weighted by atomic mass is 32.2. The summed E-state index contributed by atoms with van der Waals surface area (Å²) >= 11 is -2.14. The Hall–Kier alpha value is -0.530. The summed E-state index contributed by atoms with van der Waals surface area (Å²) in [6.45, 7) is -0.428. The summed E-state index contributed by atoms with van der Waals surface area (Å²) in [5.74, 6) is 0. The highest BCUT2D eigenvalue weighted by Crippen LogP contribution is 1.67. The first-order valence-electron chi connectivity index (χ1n) is 2.09. The largest absolute Gasteiger partial charge is 0.294 e. The molecule has 0 aliphatic heterocycles. The predicted molar refractivity (Wildman–Crippen MR) is 30.6 cm³/mol. The van der Waals surface area contributed by atoms with E-state index in [0.717, 1.165) is 0 Å². The van der Waals surface area contributed by atoms with Crippen LogP contribution in [-0.4, -0.2) is 26.8 Å². The number of rotatable bonds is 4. The SMILES string of the molecule is O=[N+]([O-])CCNS(=O)O. The third-order valence-corrected chi connectivity index (χ3v) is 0.971. The molecule has 2 N–H and O–H groups in total. The minimum absolute atomic E-state index is 0.0872. The highest BCUT2D eigenvalue weighted by molar-refractivity contribution is 7.77. The molecule has 0 aliphatic rings. The van der Waals surface area contributed by atoms with Gasteiger partial charge in [0.2, 0.25) is 17.8 Å². The van der Waals surface area contributed by atoms with Crippen LogP contribution in [0.5, 0.6) is 0 Å². The fourth-order valence-corrected chi connectivity index (χ4v) is 0.490. The van der Waals surface area contributed by atoms with Crippen molar-refractivity contribution in [2.75, 3.05) is 13.1 Å². The molecule has 0 fully saturated rings. The van der Waals surface area contributed by atoms with E-state index in [9.17, 15) is 14.3 Å². The monoisotopic (exact) mass is 154 g/mol. The van der Waals surface area contributed by atoms with E-state index in [4.69, 9.17) is 4.55 Å². The molecule has 0 spiro atoms. The lowest BCUT2D eigenvalue weighted by atomic mass is 10.7. The van der Waals surface area contributed by atoms with E-state index in [1.54, 1.807) is 0 Å². The van der Waals surface area contributed by atoms with Crippen LogP contribution < -0.4 is 4.72 Å². The molecular formula is C2H6N2O4S. The maximum absolute atomic E-state index is 9.76. The van der Waals surface area contributed by atoms with Gasteiger partial charge in [0.05, 0.1) is 6.54 Å². The molecule has 54 valence electrons. The number of nitro groups is 1. The Morgan fingerprint density at radius 1 is 1.78 bits per heavy atom. The van der Waals surface area contributed by atoms with E-state index in [0.29, 0.717) is 0 Å². The first-order chi connectivity index (χ1) is 4.13. The molecule has 0 aliphatic carbocycles. The Kier molecular flexibility index (Phi) is 4.10. The van der Waals surface area contributed by atoms with Crippen molar-refractivity contribution in [1.29, 1.82) is 0 Å². The van der Waals surface area contributed by atoms with Crippen molar-refractivity contribution in [3.63, 3.8) is 0 Å². The molecular weight excluding hydrogens is 148 g/mol. The number of hydrogen-bond acceptors (Lipinski definition) is 3. The second-order valence-corrected chi connectivity index (χ2v) is 1.99. The van der Waals surface area contributed by atoms with Crippen molar-refractivity contribution >= 4 is 11.3 Å². The van der Waals surface area contributed by atoms with E-state index < -0.39 is 16.2 Å². The fourth-order valence-electron chi connectivity index (χ4n) is 0.224. The van der Waals surface area contributed by atoms with Gasteiger partial charge < -0.3 is 0 Å². The third kappa shape index (κ3) is 7.47. The van der Waals surface area contributed by atoms with Crippen LogP contribution in [0.25, 0.3) is 0 Å². The van der Waals surface area contributed by atoms with Gasteiger partial charge in [-0.25, -0.2) is 8.93 Å². The second kappa shape index (κ2) is 4.36. The zero-order valence-electron chi connectivity index (χ0n) is 4.44. The molecule has 0 saturated carbocycles. The van der Waals surface area contributed by atoms with Crippen LogP contribution in [0.2, 0.25) is 0 Å². The van der Waals surface area contributed by atoms with Gasteiger partial charge in [0.15, 0.2) is 0 Å². The minimum Gasteiger partial charge on any atom is -0.294 e. The molecule has 1 unspecified atom stereocenters. The zero-order chi connectivity index (χ0) is 7.28. The number of nitrogens with zero attached hydrogens (tertiary/aromatic N) is 1. The average Bonchev–Trinajstić information content (AvgIpc) is 1.63. The van der Waals surface area contributed by atoms with Gasteiger partial charge in [0.1, 0.15) is 0 Å². The van der Waals surface area contributed by atoms with Crippen molar-refractivity contribution < 1.29 is 13.7 Å². The lowest BCUT2D eigenvalue weighted by Gasteiger charge is -1.91. The van der Waals surface area contributed by atoms with Crippen LogP contribution >= 0.6 is 0 Å². The van der Waals surface area contributed by atoms with Crippen LogP contribution in [0.3, 0.4) is 0 Å². The Bertz CT molecular complexity index is 112. The van der Waals surface area contributed by atoms with E-state index >= 15 is 0 Å². The number of hydrogen-bond donors (Lipinski definition) is 2. The quantitative estimate of drug-likeness (QED) is 0.308. The summed E-state index contributed by atoms with van der Waals surface area (Å²) < 4.78 is 19.7. The Morgan fingerprint density at radius 2 is 2.33 bits per heavy atom. The lowest BCUT2D eigenvalue weighted by Crippen LogP contribution is -2.23. The van der Waals surface area contributed by atoms with Gasteiger partial charge in [-0.15, -0.1) is 0 Å². The van der Waals surface area contributed by atoms with E-state index in [2.05, 4.69) is 0 Å². The second-order valence-electron chi connectivity index (χ2n) is 1.20. The normalized spacial score (nSPS) is 13.0. The molecule has 0 radical (unpaired) electrons. The fraction of sp³-hybridized carbons (Fsp3) is 1.00. The smallest absolute Gasteiger partial charge is 0.231 e. The molecule has 7 heteroatoms. The summed E-state index contributed by atoms with van der Waals surface area (Å²) in [6, 6.07) is 0. The first-order valence-corrected chi connectivity index (χ1v) is 3.20. The van der Waals surface area contributed by atoms with Crippen molar-refractivity contribution in [3.05, 3.63) is 10.1 Å². The van der Waals surface area contributed by atoms with Gasteiger partial charge >= 0.3 is 0 Å². The topological polar surface area (TPSA) is 92.5 Å². The summed E-state index contributed by atoms with van der Waals surface area (Å²) in [5.41, 5.74) is 0. The summed E-state index contributed by atoms with van der Waals surface area (Å²) in [4.78, 5) is 9.00. The van der Waals surface area contributed by atoms with Gasteiger partial charge in [-0.1, -0.05) is 0 Å². The van der Waals surface area contributed by atoms with Crippen molar-refractivity contribution in [1.82, 2.24) is 4.72 Å². The van der Waals surface area contributed by atoms with Crippen molar-refractivity contribution in [2.45, 2.75) is 0 Å². The van der Waals surface area contributed by atoms with Crippen molar-refractivity contribution in [2.24, 2.45) is 0 Å². The van der Waals surface area contributed by atoms with E-state index in [1.165, 1.54) is 0 Å². The maximum Gasteiger partial charge on any atom is 0.231 e. The molecule has 0 rings (SSSR count). The molecule has 0 amide bonds. The van der Waals surface area contributed by atoms with Crippen LogP contribution in [0, 0.1) is 10.1 Å². The van der Waals surface area contributed by atoms with Gasteiger partial charge in [0, 0.05) is 4.92 Å². The highest BCUT2D eigenvalue weighted by Gasteiger charge is 1.96. The summed E-state index contributed by atoms with van der Waals surface area (Å²) in [6.07, 6.45) is 0. The average molecular weight is 154 g/mol. The zero-order valence-corrected chi connectivity index (χ0v) is 5.26. The summed E-state index contributed by atoms with van der Waals surface area (Å²) in [5, 5.41) is 9.57. The van der Waals surface area contributed by atoms with Gasteiger partial charge in [0.25, 0.3) is 0 Å². The third-order valence-electron chi connectivity index (χ3n) is 0.520. The molecule has 0 aromatic heterocycles. The molecule has 9 heavy (non-hydrogen) atoms. The molecule has 0 bridgehead atoms. The molecule has 1 atom stereocenters. The standard InChI is InChI=1S/C2H6N2O4S/c5-4(6)2-1-3-9(7)8/h3H,1-2H2,(H,7,8). The lowest BCUT2D eigenvalue weighted by molar-refractivity contribution is -0.477. The van der Waals surface area contributed by atoms with Gasteiger partial charge in [-0.2, -0.15) is 0 Å². The maximum atomic E-state index is 9.76. The Morgan fingerprint density at radius 3 is 2.67 bits per heavy atom. The molecule has 6 nitrogen and oxygen atoms in total. The van der Waals surface area contributed by atoms with E-state index in [-0.39, 0.29) is 13.1 Å². The molecule has 0 heterocycles. The van der Waals surface area contributed by atoms with Crippen LogP contribution in [0.4, 0.5) is 0 Å². The Labute approximate surface area is 53.8 Å². The van der Waals surface area contributed by atoms with Crippen LogP contribution in [0.15, 0.2) is 0 Å². The van der Waals surface area contributed by atoms with Crippen molar-refractivity contribution in [3.8, 4) is 0 Å². The van der Waals surface area contributed by atoms with Crippen LogP contribution in [-0.2, 0) is 11.3 Å². The summed E-state index contributed by atoms with van der Waals surface area (Å²) in [7, 11) is 0. The number of nitrogens with one attached hydrogen (secondary N) is 1. The Balaban J connectivity index is 3.10. The molecule has 0 aromatic carbocycles.